The summed E-state index contributed by atoms with van der Waals surface area (Å²) in [7, 11) is 8.37. The smallest absolute Gasteiger partial charge is 0.123 e. The van der Waals surface area contributed by atoms with Gasteiger partial charge < -0.3 is 14.5 Å². The fourth-order valence-electron chi connectivity index (χ4n) is 2.03. The summed E-state index contributed by atoms with van der Waals surface area (Å²) in [5.41, 5.74) is 2.62. The first-order valence-corrected chi connectivity index (χ1v) is 12.1. The fourth-order valence-corrected chi connectivity index (χ4v) is 2.03. The summed E-state index contributed by atoms with van der Waals surface area (Å²) in [6.07, 6.45) is 2.28. The van der Waals surface area contributed by atoms with E-state index in [1.165, 1.54) is 17.5 Å². The Balaban J connectivity index is 0. The lowest BCUT2D eigenvalue weighted by Crippen LogP contribution is -2.14. The van der Waals surface area contributed by atoms with Crippen molar-refractivity contribution in [2.24, 2.45) is 0 Å². The monoisotopic (exact) mass is 548 g/mol. The lowest BCUT2D eigenvalue weighted by molar-refractivity contribution is 0.298. The second kappa shape index (κ2) is 17.2. The van der Waals surface area contributed by atoms with Crippen LogP contribution in [-0.4, -0.2) is 54.5 Å². The molecule has 136 valence electrons. The van der Waals surface area contributed by atoms with Crippen molar-refractivity contribution in [1.82, 2.24) is 9.80 Å². The fraction of sp³-hybridized carbons (Fsp3) is 0.667. The summed E-state index contributed by atoms with van der Waals surface area (Å²) in [4.78, 5) is 8.31. The molecule has 0 radical (unpaired) electrons. The molecular formula is C18H34I2N2O. The first-order chi connectivity index (χ1) is 11.0. The van der Waals surface area contributed by atoms with Gasteiger partial charge in [-0.3, -0.25) is 0 Å². The number of rotatable bonds is 8. The number of alkyl halides is 2. The van der Waals surface area contributed by atoms with Gasteiger partial charge in [-0.15, -0.1) is 0 Å². The van der Waals surface area contributed by atoms with Gasteiger partial charge in [0.25, 0.3) is 0 Å². The molecule has 0 atom stereocenters. The Labute approximate surface area is 171 Å². The van der Waals surface area contributed by atoms with Crippen LogP contribution in [0.4, 0.5) is 0 Å². The van der Waals surface area contributed by atoms with Crippen molar-refractivity contribution in [2.75, 3.05) is 44.7 Å². The van der Waals surface area contributed by atoms with Gasteiger partial charge in [-0.25, -0.2) is 0 Å². The zero-order valence-electron chi connectivity index (χ0n) is 15.8. The van der Waals surface area contributed by atoms with Crippen LogP contribution in [0, 0.1) is 0 Å². The van der Waals surface area contributed by atoms with Crippen LogP contribution in [0.15, 0.2) is 18.2 Å². The second-order valence-corrected chi connectivity index (χ2v) is 5.62. The first kappa shape index (κ1) is 25.6. The molecule has 0 spiro atoms. The molecule has 5 heteroatoms. The lowest BCUT2D eigenvalue weighted by atomic mass is 10.1. The number of nitrogens with zero attached hydrogens (tertiary/aromatic N) is 2. The van der Waals surface area contributed by atoms with Crippen LogP contribution in [0.1, 0.15) is 30.9 Å². The normalized spacial score (nSPS) is 9.87. The van der Waals surface area contributed by atoms with Crippen molar-refractivity contribution >= 4 is 45.2 Å². The van der Waals surface area contributed by atoms with Gasteiger partial charge in [0.2, 0.25) is 0 Å². The van der Waals surface area contributed by atoms with Gasteiger partial charge in [-0.05, 0) is 62.2 Å². The summed E-state index contributed by atoms with van der Waals surface area (Å²) < 4.78 is 5.90. The maximum absolute atomic E-state index is 5.90. The van der Waals surface area contributed by atoms with Crippen LogP contribution < -0.4 is 4.74 Å². The molecule has 0 saturated heterocycles. The minimum absolute atomic E-state index is 0.809. The number of unbranched alkanes of at least 4 members (excludes halogenated alkanes) is 1. The highest BCUT2D eigenvalue weighted by Gasteiger charge is 2.07. The molecule has 0 unspecified atom stereocenters. The van der Waals surface area contributed by atoms with Crippen molar-refractivity contribution in [2.45, 2.75) is 32.9 Å². The van der Waals surface area contributed by atoms with Gasteiger partial charge in [-0.2, -0.15) is 0 Å². The molecule has 1 rings (SSSR count). The molecule has 0 aliphatic heterocycles. The Kier molecular flexibility index (Phi) is 19.2. The van der Waals surface area contributed by atoms with E-state index in [0.717, 1.165) is 31.9 Å². The van der Waals surface area contributed by atoms with Gasteiger partial charge >= 0.3 is 0 Å². The number of halogens is 2. The quantitative estimate of drug-likeness (QED) is 0.256. The second-order valence-electron chi connectivity index (χ2n) is 5.62. The zero-order chi connectivity index (χ0) is 18.3. The van der Waals surface area contributed by atoms with Crippen LogP contribution in [-0.2, 0) is 13.1 Å². The van der Waals surface area contributed by atoms with Gasteiger partial charge in [-0.1, -0.05) is 64.6 Å². The van der Waals surface area contributed by atoms with E-state index >= 15 is 0 Å². The maximum Gasteiger partial charge on any atom is 0.123 e. The molecule has 0 bridgehead atoms. The molecule has 3 nitrogen and oxygen atoms in total. The van der Waals surface area contributed by atoms with E-state index in [2.05, 4.69) is 108 Å². The SMILES string of the molecule is CCCCOc1ccc(CN(C)C)cc1CN(C)C.CI.CI. The summed E-state index contributed by atoms with van der Waals surface area (Å²) in [5, 5.41) is 0. The Hall–Kier alpha value is 0.400. The highest BCUT2D eigenvalue weighted by molar-refractivity contribution is 14.1. The van der Waals surface area contributed by atoms with Crippen LogP contribution in [0.3, 0.4) is 0 Å². The molecule has 0 amide bonds. The van der Waals surface area contributed by atoms with E-state index in [0.29, 0.717) is 0 Å². The van der Waals surface area contributed by atoms with E-state index in [1.807, 2.05) is 9.86 Å². The Morgan fingerprint density at radius 3 is 1.96 bits per heavy atom. The topological polar surface area (TPSA) is 15.7 Å². The van der Waals surface area contributed by atoms with Crippen molar-refractivity contribution in [3.8, 4) is 5.75 Å². The third-order valence-corrected chi connectivity index (χ3v) is 2.87. The number of benzene rings is 1. The Morgan fingerprint density at radius 2 is 1.48 bits per heavy atom. The van der Waals surface area contributed by atoms with Crippen molar-refractivity contribution in [3.05, 3.63) is 29.3 Å². The summed E-state index contributed by atoms with van der Waals surface area (Å²) >= 11 is 4.30. The Bertz CT molecular complexity index is 385. The average molecular weight is 548 g/mol. The molecule has 0 aliphatic rings. The molecule has 0 aliphatic carbocycles. The highest BCUT2D eigenvalue weighted by atomic mass is 127. The van der Waals surface area contributed by atoms with Gasteiger partial charge in [0.05, 0.1) is 6.61 Å². The minimum Gasteiger partial charge on any atom is -0.493 e. The van der Waals surface area contributed by atoms with E-state index in [1.54, 1.807) is 0 Å². The Morgan fingerprint density at radius 1 is 0.913 bits per heavy atom. The van der Waals surface area contributed by atoms with E-state index in [4.69, 9.17) is 4.74 Å². The first-order valence-electron chi connectivity index (χ1n) is 7.82. The lowest BCUT2D eigenvalue weighted by Gasteiger charge is -2.17. The van der Waals surface area contributed by atoms with Crippen LogP contribution in [0.25, 0.3) is 0 Å². The van der Waals surface area contributed by atoms with Gasteiger partial charge in [0.15, 0.2) is 0 Å². The predicted octanol–water partition coefficient (Wildman–Crippen LogP) is 5.09. The molecular weight excluding hydrogens is 514 g/mol. The number of hydrogen-bond donors (Lipinski definition) is 0. The van der Waals surface area contributed by atoms with E-state index in [-0.39, 0.29) is 0 Å². The minimum atomic E-state index is 0.809. The third kappa shape index (κ3) is 13.4. The molecule has 0 aromatic heterocycles. The van der Waals surface area contributed by atoms with Gasteiger partial charge in [0, 0.05) is 18.7 Å². The summed E-state index contributed by atoms with van der Waals surface area (Å²) in [6.45, 7) is 4.88. The van der Waals surface area contributed by atoms with Crippen LogP contribution in [0.2, 0.25) is 0 Å². The van der Waals surface area contributed by atoms with Crippen molar-refractivity contribution in [3.63, 3.8) is 0 Å². The molecule has 1 aromatic rings. The van der Waals surface area contributed by atoms with Crippen LogP contribution in [0.5, 0.6) is 5.75 Å². The molecule has 0 saturated carbocycles. The summed E-state index contributed by atoms with van der Waals surface area (Å²) in [6, 6.07) is 6.55. The third-order valence-electron chi connectivity index (χ3n) is 2.87. The highest BCUT2D eigenvalue weighted by Crippen LogP contribution is 2.22. The van der Waals surface area contributed by atoms with E-state index in [9.17, 15) is 0 Å². The average Bonchev–Trinajstić information content (AvgIpc) is 2.52. The summed E-state index contributed by atoms with van der Waals surface area (Å²) in [5.74, 6) is 1.03. The van der Waals surface area contributed by atoms with E-state index < -0.39 is 0 Å². The molecule has 1 aromatic carbocycles. The van der Waals surface area contributed by atoms with Crippen molar-refractivity contribution in [1.29, 1.82) is 0 Å². The molecule has 0 N–H and O–H groups in total. The predicted molar refractivity (Wildman–Crippen MR) is 122 cm³/mol. The largest absolute Gasteiger partial charge is 0.493 e. The molecule has 0 heterocycles. The molecule has 0 fully saturated rings. The van der Waals surface area contributed by atoms with Crippen LogP contribution >= 0.6 is 45.2 Å². The number of ether oxygens (including phenoxy) is 1. The zero-order valence-corrected chi connectivity index (χ0v) is 20.1. The molecule has 23 heavy (non-hydrogen) atoms. The standard InChI is InChI=1S/C16H28N2O.2CH3I/c1-6-7-10-19-16-9-8-14(12-17(2)3)11-15(16)13-18(4)5;2*1-2/h8-9,11H,6-7,10,12-13H2,1-5H3;2*1H3. The number of hydrogen-bond acceptors (Lipinski definition) is 3. The maximum atomic E-state index is 5.90. The van der Waals surface area contributed by atoms with Crippen molar-refractivity contribution < 1.29 is 4.74 Å². The van der Waals surface area contributed by atoms with Gasteiger partial charge in [0.1, 0.15) is 5.75 Å².